The van der Waals surface area contributed by atoms with Gasteiger partial charge in [0.05, 0.1) is 7.11 Å². The molecule has 0 heterocycles. The molecule has 108 valence electrons. The molecular weight excluding hydrogens is 286 g/mol. The molecule has 0 fully saturated rings. The number of carboxylic acid groups (broad SMARTS) is 1. The van der Waals surface area contributed by atoms with E-state index >= 15 is 0 Å². The lowest BCUT2D eigenvalue weighted by molar-refractivity contribution is -0.142. The first-order valence-corrected chi connectivity index (χ1v) is 6.18. The van der Waals surface area contributed by atoms with E-state index in [4.69, 9.17) is 16.7 Å². The Morgan fingerprint density at radius 1 is 1.40 bits per heavy atom. The number of rotatable bonds is 6. The van der Waals surface area contributed by atoms with Crippen LogP contribution in [0.4, 0.5) is 0 Å². The Bertz CT molecular complexity index is 517. The number of esters is 1. The molecule has 0 radical (unpaired) electrons. The predicted molar refractivity (Wildman–Crippen MR) is 71.6 cm³/mol. The van der Waals surface area contributed by atoms with Crippen LogP contribution in [-0.4, -0.2) is 36.1 Å². The summed E-state index contributed by atoms with van der Waals surface area (Å²) in [6.07, 6.45) is -0.141. The number of amides is 1. The van der Waals surface area contributed by atoms with E-state index in [1.165, 1.54) is 19.2 Å². The second-order valence-corrected chi connectivity index (χ2v) is 4.43. The minimum Gasteiger partial charge on any atom is -0.480 e. The summed E-state index contributed by atoms with van der Waals surface area (Å²) >= 11 is 5.75. The number of ether oxygens (including phenoxy) is 1. The van der Waals surface area contributed by atoms with Gasteiger partial charge < -0.3 is 15.2 Å². The van der Waals surface area contributed by atoms with Gasteiger partial charge in [0, 0.05) is 17.0 Å². The largest absolute Gasteiger partial charge is 0.480 e. The topological polar surface area (TPSA) is 92.7 Å². The lowest BCUT2D eigenvalue weighted by atomic mass is 10.1. The first-order valence-electron chi connectivity index (χ1n) is 5.80. The van der Waals surface area contributed by atoms with Gasteiger partial charge in [-0.15, -0.1) is 0 Å². The first kappa shape index (κ1) is 16.0. The summed E-state index contributed by atoms with van der Waals surface area (Å²) in [6, 6.07) is 4.96. The highest BCUT2D eigenvalue weighted by atomic mass is 35.5. The molecule has 1 amide bonds. The number of hydrogen-bond acceptors (Lipinski definition) is 4. The van der Waals surface area contributed by atoms with Gasteiger partial charge in [0.25, 0.3) is 5.91 Å². The zero-order valence-corrected chi connectivity index (χ0v) is 11.5. The maximum Gasteiger partial charge on any atom is 0.326 e. The number of methoxy groups -OCH3 is 1. The monoisotopic (exact) mass is 299 g/mol. The normalized spacial score (nSPS) is 11.5. The second kappa shape index (κ2) is 7.49. The molecule has 1 unspecified atom stereocenters. The van der Waals surface area contributed by atoms with Crippen molar-refractivity contribution in [3.05, 3.63) is 34.9 Å². The SMILES string of the molecule is COC(=O)CCC(NC(=O)c1cccc(Cl)c1)C(=O)O. The van der Waals surface area contributed by atoms with Crippen LogP contribution in [0.25, 0.3) is 0 Å². The van der Waals surface area contributed by atoms with Crippen LogP contribution in [0.15, 0.2) is 24.3 Å². The minimum atomic E-state index is -1.22. The Hall–Kier alpha value is -2.08. The van der Waals surface area contributed by atoms with Gasteiger partial charge in [-0.25, -0.2) is 4.79 Å². The molecule has 0 aliphatic carbocycles. The molecule has 7 heteroatoms. The van der Waals surface area contributed by atoms with E-state index in [-0.39, 0.29) is 18.4 Å². The van der Waals surface area contributed by atoms with Crippen LogP contribution in [0, 0.1) is 0 Å². The van der Waals surface area contributed by atoms with Crippen LogP contribution in [0.5, 0.6) is 0 Å². The van der Waals surface area contributed by atoms with Gasteiger partial charge in [0.1, 0.15) is 6.04 Å². The summed E-state index contributed by atoms with van der Waals surface area (Å²) in [7, 11) is 1.21. The van der Waals surface area contributed by atoms with E-state index < -0.39 is 23.9 Å². The summed E-state index contributed by atoms with van der Waals surface area (Å²) in [6.45, 7) is 0. The Morgan fingerprint density at radius 3 is 2.65 bits per heavy atom. The number of benzene rings is 1. The molecule has 2 N–H and O–H groups in total. The molecular formula is C13H14ClNO5. The predicted octanol–water partition coefficient (Wildman–Crippen LogP) is 1.48. The summed E-state index contributed by atoms with van der Waals surface area (Å²) in [5.74, 6) is -2.32. The van der Waals surface area contributed by atoms with E-state index in [0.717, 1.165) is 0 Å². The van der Waals surface area contributed by atoms with Gasteiger partial charge in [0.15, 0.2) is 0 Å². The van der Waals surface area contributed by atoms with Crippen molar-refractivity contribution in [2.24, 2.45) is 0 Å². The van der Waals surface area contributed by atoms with Crippen LogP contribution in [0.1, 0.15) is 23.2 Å². The van der Waals surface area contributed by atoms with Crippen molar-refractivity contribution in [1.29, 1.82) is 0 Å². The number of nitrogens with one attached hydrogen (secondary N) is 1. The quantitative estimate of drug-likeness (QED) is 0.776. The molecule has 6 nitrogen and oxygen atoms in total. The zero-order valence-electron chi connectivity index (χ0n) is 10.8. The summed E-state index contributed by atoms with van der Waals surface area (Å²) < 4.78 is 4.42. The average molecular weight is 300 g/mol. The Labute approximate surface area is 120 Å². The Balaban J connectivity index is 2.68. The van der Waals surface area contributed by atoms with Gasteiger partial charge in [-0.1, -0.05) is 17.7 Å². The molecule has 20 heavy (non-hydrogen) atoms. The smallest absolute Gasteiger partial charge is 0.326 e. The summed E-state index contributed by atoms with van der Waals surface area (Å²) in [4.78, 5) is 33.9. The fourth-order valence-electron chi connectivity index (χ4n) is 1.49. The van der Waals surface area contributed by atoms with Crippen molar-refractivity contribution < 1.29 is 24.2 Å². The van der Waals surface area contributed by atoms with Gasteiger partial charge in [-0.3, -0.25) is 9.59 Å². The number of carbonyl (C=O) groups excluding carboxylic acids is 2. The third-order valence-corrected chi connectivity index (χ3v) is 2.79. The van der Waals surface area contributed by atoms with E-state index in [1.54, 1.807) is 12.1 Å². The molecule has 1 aromatic carbocycles. The van der Waals surface area contributed by atoms with Crippen molar-refractivity contribution in [1.82, 2.24) is 5.32 Å². The highest BCUT2D eigenvalue weighted by Crippen LogP contribution is 2.11. The molecule has 1 rings (SSSR count). The number of halogens is 1. The standard InChI is InChI=1S/C13H14ClNO5/c1-20-11(16)6-5-10(13(18)19)15-12(17)8-3-2-4-9(14)7-8/h2-4,7,10H,5-6H2,1H3,(H,15,17)(H,18,19). The Kier molecular flexibility index (Phi) is 5.99. The molecule has 0 spiro atoms. The molecule has 1 aromatic rings. The van der Waals surface area contributed by atoms with E-state index in [9.17, 15) is 14.4 Å². The minimum absolute atomic E-state index is 0.0473. The molecule has 0 aromatic heterocycles. The highest BCUT2D eigenvalue weighted by molar-refractivity contribution is 6.30. The number of hydrogen-bond donors (Lipinski definition) is 2. The molecule has 0 saturated carbocycles. The average Bonchev–Trinajstić information content (AvgIpc) is 2.42. The lowest BCUT2D eigenvalue weighted by Gasteiger charge is -2.14. The van der Waals surface area contributed by atoms with Crippen molar-refractivity contribution in [2.75, 3.05) is 7.11 Å². The highest BCUT2D eigenvalue weighted by Gasteiger charge is 2.21. The van der Waals surface area contributed by atoms with Crippen LogP contribution < -0.4 is 5.32 Å². The van der Waals surface area contributed by atoms with Gasteiger partial charge in [-0.2, -0.15) is 0 Å². The molecule has 0 bridgehead atoms. The zero-order chi connectivity index (χ0) is 15.1. The van der Waals surface area contributed by atoms with Crippen molar-refractivity contribution in [3.63, 3.8) is 0 Å². The van der Waals surface area contributed by atoms with E-state index in [2.05, 4.69) is 10.1 Å². The molecule has 0 aliphatic rings. The van der Waals surface area contributed by atoms with Crippen molar-refractivity contribution >= 4 is 29.4 Å². The molecule has 0 saturated heterocycles. The second-order valence-electron chi connectivity index (χ2n) is 3.99. The number of aliphatic carboxylic acids is 1. The van der Waals surface area contributed by atoms with Crippen LogP contribution in [0.2, 0.25) is 5.02 Å². The van der Waals surface area contributed by atoms with Gasteiger partial charge in [0.2, 0.25) is 0 Å². The van der Waals surface area contributed by atoms with Gasteiger partial charge in [-0.05, 0) is 24.6 Å². The fourth-order valence-corrected chi connectivity index (χ4v) is 1.68. The van der Waals surface area contributed by atoms with Gasteiger partial charge >= 0.3 is 11.9 Å². The van der Waals surface area contributed by atoms with E-state index in [0.29, 0.717) is 5.02 Å². The third kappa shape index (κ3) is 4.89. The Morgan fingerprint density at radius 2 is 2.10 bits per heavy atom. The number of carboxylic acids is 1. The lowest BCUT2D eigenvalue weighted by Crippen LogP contribution is -2.41. The summed E-state index contributed by atoms with van der Waals surface area (Å²) in [5.41, 5.74) is 0.252. The fraction of sp³-hybridized carbons (Fsp3) is 0.308. The van der Waals surface area contributed by atoms with Crippen LogP contribution in [0.3, 0.4) is 0 Å². The summed E-state index contributed by atoms with van der Waals surface area (Å²) in [5, 5.41) is 11.7. The van der Waals surface area contributed by atoms with Crippen LogP contribution >= 0.6 is 11.6 Å². The van der Waals surface area contributed by atoms with Crippen molar-refractivity contribution in [3.8, 4) is 0 Å². The van der Waals surface area contributed by atoms with Crippen molar-refractivity contribution in [2.45, 2.75) is 18.9 Å². The van der Waals surface area contributed by atoms with E-state index in [1.807, 2.05) is 0 Å². The maximum atomic E-state index is 11.9. The molecule has 0 aliphatic heterocycles. The molecule has 1 atom stereocenters. The van der Waals surface area contributed by atoms with Crippen LogP contribution in [-0.2, 0) is 14.3 Å². The third-order valence-electron chi connectivity index (χ3n) is 2.56. The first-order chi connectivity index (χ1) is 9.43. The number of carbonyl (C=O) groups is 3. The maximum absolute atomic E-state index is 11.9.